The summed E-state index contributed by atoms with van der Waals surface area (Å²) in [5.41, 5.74) is -1.41. The van der Waals surface area contributed by atoms with Crippen LogP contribution >= 0.6 is 11.6 Å². The fourth-order valence-electron chi connectivity index (χ4n) is 7.27. The third kappa shape index (κ3) is 4.78. The first-order valence-electron chi connectivity index (χ1n) is 14.2. The summed E-state index contributed by atoms with van der Waals surface area (Å²) in [6.45, 7) is 13.9. The largest absolute Gasteiger partial charge is 0.394 e. The molecule has 9 heteroatoms. The molecule has 218 valence electrons. The molecule has 3 amide bonds. The predicted octanol–water partition coefficient (Wildman–Crippen LogP) is 4.07. The molecule has 1 spiro atoms. The van der Waals surface area contributed by atoms with E-state index < -0.39 is 35.1 Å². The van der Waals surface area contributed by atoms with Crippen LogP contribution < -0.4 is 4.90 Å². The monoisotopic (exact) mass is 571 g/mol. The molecule has 2 unspecified atom stereocenters. The number of ether oxygens (including phenoxy) is 1. The van der Waals surface area contributed by atoms with Crippen molar-refractivity contribution in [2.45, 2.75) is 69.7 Å². The van der Waals surface area contributed by atoms with Crippen LogP contribution in [-0.2, 0) is 19.1 Å². The van der Waals surface area contributed by atoms with E-state index in [0.717, 1.165) is 0 Å². The lowest BCUT2D eigenvalue weighted by Gasteiger charge is -2.40. The molecule has 40 heavy (non-hydrogen) atoms. The second-order valence-corrected chi connectivity index (χ2v) is 12.2. The first kappa shape index (κ1) is 30.3. The van der Waals surface area contributed by atoms with Gasteiger partial charge in [0.05, 0.1) is 30.1 Å². The van der Waals surface area contributed by atoms with Crippen molar-refractivity contribution in [1.82, 2.24) is 9.80 Å². The van der Waals surface area contributed by atoms with Crippen molar-refractivity contribution in [2.24, 2.45) is 17.8 Å². The molecule has 3 saturated heterocycles. The molecule has 1 aromatic carbocycles. The number of aliphatic hydroxyl groups excluding tert-OH is 1. The Morgan fingerprint density at radius 2 is 1.82 bits per heavy atom. The average molecular weight is 572 g/mol. The Morgan fingerprint density at radius 3 is 2.38 bits per heavy atom. The van der Waals surface area contributed by atoms with Crippen LogP contribution in [0.3, 0.4) is 0 Å². The Balaban J connectivity index is 1.88. The van der Waals surface area contributed by atoms with E-state index in [1.165, 1.54) is 0 Å². The number of hydrogen-bond acceptors (Lipinski definition) is 5. The van der Waals surface area contributed by atoms with Gasteiger partial charge in [-0.05, 0) is 55.9 Å². The number of anilines is 1. The minimum absolute atomic E-state index is 0.162. The van der Waals surface area contributed by atoms with Crippen LogP contribution in [0, 0.1) is 17.8 Å². The summed E-state index contributed by atoms with van der Waals surface area (Å²) in [6, 6.07) is 5.33. The molecule has 0 saturated carbocycles. The van der Waals surface area contributed by atoms with Gasteiger partial charge in [-0.3, -0.25) is 14.4 Å². The molecule has 3 aliphatic rings. The number of benzene rings is 1. The Hall–Kier alpha value is -2.68. The number of amides is 3. The molecule has 1 aromatic rings. The number of likely N-dealkylation sites (tertiary alicyclic amines) is 1. The topological polar surface area (TPSA) is 90.4 Å². The smallest absolute Gasteiger partial charge is 0.253 e. The number of halogens is 1. The van der Waals surface area contributed by atoms with Gasteiger partial charge in [-0.25, -0.2) is 0 Å². The van der Waals surface area contributed by atoms with Crippen LogP contribution in [0.25, 0.3) is 0 Å². The molecule has 0 radical (unpaired) electrons. The molecule has 3 fully saturated rings. The van der Waals surface area contributed by atoms with Crippen molar-refractivity contribution in [1.29, 1.82) is 0 Å². The van der Waals surface area contributed by atoms with E-state index in [0.29, 0.717) is 42.9 Å². The molecule has 6 atom stereocenters. The Kier molecular flexibility index (Phi) is 8.83. The fourth-order valence-corrected chi connectivity index (χ4v) is 7.39. The van der Waals surface area contributed by atoms with Gasteiger partial charge in [0.2, 0.25) is 11.8 Å². The summed E-state index contributed by atoms with van der Waals surface area (Å²) in [5, 5.41) is 11.1. The van der Waals surface area contributed by atoms with Gasteiger partial charge in [0.25, 0.3) is 5.91 Å². The van der Waals surface area contributed by atoms with Crippen molar-refractivity contribution in [3.63, 3.8) is 0 Å². The van der Waals surface area contributed by atoms with Crippen molar-refractivity contribution in [2.75, 3.05) is 31.6 Å². The quantitative estimate of drug-likeness (QED) is 0.382. The number of fused-ring (bicyclic) bond motifs is 1. The molecule has 3 heterocycles. The maximum absolute atomic E-state index is 14.7. The van der Waals surface area contributed by atoms with Gasteiger partial charge in [-0.1, -0.05) is 44.5 Å². The van der Waals surface area contributed by atoms with Crippen molar-refractivity contribution in [3.8, 4) is 0 Å². The highest BCUT2D eigenvalue weighted by atomic mass is 35.5. The van der Waals surface area contributed by atoms with Crippen LogP contribution in [0.4, 0.5) is 5.69 Å². The fraction of sp³-hybridized carbons (Fsp3) is 0.581. The van der Waals surface area contributed by atoms with Crippen molar-refractivity contribution < 1.29 is 24.2 Å². The van der Waals surface area contributed by atoms with Crippen LogP contribution in [0.5, 0.6) is 0 Å². The summed E-state index contributed by atoms with van der Waals surface area (Å²) in [6.07, 6.45) is 5.38. The van der Waals surface area contributed by atoms with E-state index in [9.17, 15) is 19.5 Å². The van der Waals surface area contributed by atoms with Crippen LogP contribution in [-0.4, -0.2) is 82.7 Å². The molecule has 0 aromatic heterocycles. The van der Waals surface area contributed by atoms with Crippen molar-refractivity contribution in [3.05, 3.63) is 54.6 Å². The molecule has 2 bridgehead atoms. The van der Waals surface area contributed by atoms with Gasteiger partial charge in [-0.2, -0.15) is 0 Å². The second-order valence-electron chi connectivity index (χ2n) is 11.8. The number of likely N-dealkylation sites (N-methyl/N-ethyl adjacent to an activating group) is 1. The van der Waals surface area contributed by atoms with Gasteiger partial charge in [-0.15, -0.1) is 13.2 Å². The first-order valence-corrected chi connectivity index (χ1v) is 14.6. The molecular formula is C31H42ClN3O5. The molecule has 4 rings (SSSR count). The SMILES string of the molecule is C=CCN(C)C(=O)[C@H]1[C@H]2C(=O)N([C@@H](CO)CC(C)C)C(C(=O)N(CC=C)c3ccc(Cl)cc3)C23CC[C@]1(CC)O3. The summed E-state index contributed by atoms with van der Waals surface area (Å²) >= 11 is 6.13. The zero-order valence-corrected chi connectivity index (χ0v) is 24.8. The average Bonchev–Trinajstić information content (AvgIpc) is 3.54. The molecular weight excluding hydrogens is 530 g/mol. The normalized spacial score (nSPS) is 29.4. The van der Waals surface area contributed by atoms with Crippen LogP contribution in [0.2, 0.25) is 5.02 Å². The number of carbonyl (C=O) groups excluding carboxylic acids is 3. The third-order valence-corrected chi connectivity index (χ3v) is 9.21. The first-order chi connectivity index (χ1) is 19.0. The Bertz CT molecular complexity index is 1160. The number of carbonyl (C=O) groups is 3. The highest BCUT2D eigenvalue weighted by Gasteiger charge is 2.79. The van der Waals surface area contributed by atoms with E-state index in [1.807, 2.05) is 20.8 Å². The maximum Gasteiger partial charge on any atom is 0.253 e. The number of hydrogen-bond donors (Lipinski definition) is 1. The third-order valence-electron chi connectivity index (χ3n) is 8.96. The van der Waals surface area contributed by atoms with Gasteiger partial charge in [0.1, 0.15) is 11.6 Å². The molecule has 3 aliphatic heterocycles. The lowest BCUT2D eigenvalue weighted by molar-refractivity contribution is -0.153. The lowest BCUT2D eigenvalue weighted by atomic mass is 9.64. The Morgan fingerprint density at radius 1 is 1.18 bits per heavy atom. The zero-order chi connectivity index (χ0) is 29.4. The summed E-state index contributed by atoms with van der Waals surface area (Å²) < 4.78 is 6.89. The highest BCUT2D eigenvalue weighted by molar-refractivity contribution is 6.30. The van der Waals surface area contributed by atoms with Gasteiger partial charge >= 0.3 is 0 Å². The van der Waals surface area contributed by atoms with E-state index in [1.54, 1.807) is 58.2 Å². The zero-order valence-electron chi connectivity index (χ0n) is 24.0. The van der Waals surface area contributed by atoms with E-state index in [-0.39, 0.29) is 36.8 Å². The predicted molar refractivity (Wildman–Crippen MR) is 156 cm³/mol. The van der Waals surface area contributed by atoms with Crippen LogP contribution in [0.1, 0.15) is 46.5 Å². The van der Waals surface area contributed by atoms with E-state index >= 15 is 0 Å². The van der Waals surface area contributed by atoms with Gasteiger partial charge in [0, 0.05) is 30.8 Å². The lowest BCUT2D eigenvalue weighted by Crippen LogP contribution is -2.59. The van der Waals surface area contributed by atoms with Crippen LogP contribution in [0.15, 0.2) is 49.6 Å². The summed E-state index contributed by atoms with van der Waals surface area (Å²) in [5.74, 6) is -2.19. The Labute approximate surface area is 242 Å². The van der Waals surface area contributed by atoms with Gasteiger partial charge < -0.3 is 24.5 Å². The highest BCUT2D eigenvalue weighted by Crippen LogP contribution is 2.65. The molecule has 1 N–H and O–H groups in total. The maximum atomic E-state index is 14.7. The standard InChI is InChI=1S/C31H42ClN3O5/c1-7-16-33(6)27(37)24-25-28(38)35(23(19-36)18-20(4)5)26(31(25)15-14-30(24,9-3)40-31)29(39)34(17-8-2)22-12-10-21(32)11-13-22/h7-8,10-13,20,23-26,36H,1-2,9,14-19H2,3-6H3/t23-,24-,25+,26?,30+,31?/m1/s1. The van der Waals surface area contributed by atoms with E-state index in [2.05, 4.69) is 13.2 Å². The number of aliphatic hydroxyl groups is 1. The van der Waals surface area contributed by atoms with Gasteiger partial charge in [0.15, 0.2) is 0 Å². The minimum atomic E-state index is -1.18. The van der Waals surface area contributed by atoms with Crippen molar-refractivity contribution >= 4 is 35.0 Å². The number of nitrogens with zero attached hydrogens (tertiary/aromatic N) is 3. The minimum Gasteiger partial charge on any atom is -0.394 e. The second kappa shape index (κ2) is 11.7. The molecule has 8 nitrogen and oxygen atoms in total. The summed E-state index contributed by atoms with van der Waals surface area (Å²) in [4.78, 5) is 47.9. The van der Waals surface area contributed by atoms with E-state index in [4.69, 9.17) is 16.3 Å². The molecule has 0 aliphatic carbocycles. The summed E-state index contributed by atoms with van der Waals surface area (Å²) in [7, 11) is 1.70. The number of rotatable bonds is 12.